The van der Waals surface area contributed by atoms with Crippen LogP contribution in [0.1, 0.15) is 26.3 Å². The van der Waals surface area contributed by atoms with Crippen molar-refractivity contribution in [3.05, 3.63) is 28.2 Å². The topological polar surface area (TPSA) is 35.5 Å². The van der Waals surface area contributed by atoms with Gasteiger partial charge in [-0.05, 0) is 39.0 Å². The number of halogens is 1. The third-order valence-corrected chi connectivity index (χ3v) is 2.79. The Labute approximate surface area is 117 Å². The predicted molar refractivity (Wildman–Crippen MR) is 75.1 cm³/mol. The lowest BCUT2D eigenvalue weighted by atomic mass is 10.1. The molecule has 0 aliphatic heterocycles. The Morgan fingerprint density at radius 2 is 2.00 bits per heavy atom. The zero-order chi connectivity index (χ0) is 13.8. The van der Waals surface area contributed by atoms with Crippen molar-refractivity contribution < 1.29 is 14.3 Å². The molecule has 0 saturated heterocycles. The third kappa shape index (κ3) is 5.19. The minimum atomic E-state index is -0.295. The first-order chi connectivity index (χ1) is 8.31. The van der Waals surface area contributed by atoms with E-state index in [0.29, 0.717) is 6.42 Å². The molecule has 4 heteroatoms. The fourth-order valence-corrected chi connectivity index (χ4v) is 1.85. The van der Waals surface area contributed by atoms with Crippen LogP contribution in [0.25, 0.3) is 0 Å². The van der Waals surface area contributed by atoms with Gasteiger partial charge in [0, 0.05) is 16.5 Å². The summed E-state index contributed by atoms with van der Waals surface area (Å²) in [7, 11) is 1.60. The first-order valence-electron chi connectivity index (χ1n) is 5.80. The van der Waals surface area contributed by atoms with Crippen molar-refractivity contribution in [2.24, 2.45) is 0 Å². The lowest BCUT2D eigenvalue weighted by Crippen LogP contribution is -2.24. The molecular weight excluding hydrogens is 296 g/mol. The second kappa shape index (κ2) is 6.34. The zero-order valence-corrected chi connectivity index (χ0v) is 12.8. The molecule has 0 radical (unpaired) electrons. The Kier molecular flexibility index (Phi) is 5.35. The van der Waals surface area contributed by atoms with Crippen LogP contribution >= 0.6 is 15.9 Å². The molecule has 0 amide bonds. The average molecular weight is 315 g/mol. The van der Waals surface area contributed by atoms with Gasteiger partial charge in [-0.2, -0.15) is 0 Å². The monoisotopic (exact) mass is 314 g/mol. The largest absolute Gasteiger partial charge is 0.496 e. The van der Waals surface area contributed by atoms with Crippen LogP contribution in [-0.4, -0.2) is 25.1 Å². The highest BCUT2D eigenvalue weighted by Crippen LogP contribution is 2.23. The van der Waals surface area contributed by atoms with Gasteiger partial charge in [-0.3, -0.25) is 4.79 Å². The number of rotatable bonds is 5. The molecule has 0 aromatic heterocycles. The summed E-state index contributed by atoms with van der Waals surface area (Å²) in [6, 6.07) is 5.63. The van der Waals surface area contributed by atoms with Crippen LogP contribution in [0.15, 0.2) is 22.7 Å². The number of carbonyl (C=O) groups excluding carboxylic acids is 1. The number of methoxy groups -OCH3 is 1. The standard InChI is InChI=1S/C14H19BrO3/c1-14(2,3)18-9-12(16)8-10-7-11(15)5-6-13(10)17-4/h5-7H,8-9H2,1-4H3. The van der Waals surface area contributed by atoms with Crippen molar-refractivity contribution in [2.45, 2.75) is 32.8 Å². The fraction of sp³-hybridized carbons (Fsp3) is 0.500. The lowest BCUT2D eigenvalue weighted by molar-refractivity contribution is -0.127. The van der Waals surface area contributed by atoms with Crippen molar-refractivity contribution in [2.75, 3.05) is 13.7 Å². The van der Waals surface area contributed by atoms with E-state index in [-0.39, 0.29) is 18.0 Å². The number of ether oxygens (including phenoxy) is 2. The predicted octanol–water partition coefficient (Wildman–Crippen LogP) is 3.38. The summed E-state index contributed by atoms with van der Waals surface area (Å²) < 4.78 is 11.6. The van der Waals surface area contributed by atoms with E-state index < -0.39 is 0 Å². The molecule has 0 aliphatic rings. The van der Waals surface area contributed by atoms with E-state index in [1.807, 2.05) is 39.0 Å². The first-order valence-corrected chi connectivity index (χ1v) is 6.59. The highest BCUT2D eigenvalue weighted by atomic mass is 79.9. The van der Waals surface area contributed by atoms with Gasteiger partial charge in [-0.1, -0.05) is 15.9 Å². The number of benzene rings is 1. The van der Waals surface area contributed by atoms with E-state index in [4.69, 9.17) is 9.47 Å². The van der Waals surface area contributed by atoms with E-state index in [0.717, 1.165) is 15.8 Å². The van der Waals surface area contributed by atoms with Gasteiger partial charge >= 0.3 is 0 Å². The van der Waals surface area contributed by atoms with E-state index >= 15 is 0 Å². The quantitative estimate of drug-likeness (QED) is 0.835. The maximum absolute atomic E-state index is 11.8. The van der Waals surface area contributed by atoms with E-state index in [1.54, 1.807) is 7.11 Å². The van der Waals surface area contributed by atoms with Crippen molar-refractivity contribution in [3.63, 3.8) is 0 Å². The van der Waals surface area contributed by atoms with Crippen LogP contribution < -0.4 is 4.74 Å². The second-order valence-corrected chi connectivity index (χ2v) is 5.99. The Morgan fingerprint density at radius 3 is 2.56 bits per heavy atom. The summed E-state index contributed by atoms with van der Waals surface area (Å²) in [5, 5.41) is 0. The summed E-state index contributed by atoms with van der Waals surface area (Å²) in [5.41, 5.74) is 0.575. The Bertz CT molecular complexity index is 422. The van der Waals surface area contributed by atoms with Gasteiger partial charge in [-0.25, -0.2) is 0 Å². The molecule has 1 rings (SSSR count). The van der Waals surface area contributed by atoms with Crippen LogP contribution in [0.4, 0.5) is 0 Å². The number of hydrogen-bond acceptors (Lipinski definition) is 3. The van der Waals surface area contributed by atoms with Crippen LogP contribution in [0, 0.1) is 0 Å². The van der Waals surface area contributed by atoms with E-state index in [1.165, 1.54) is 0 Å². The van der Waals surface area contributed by atoms with Crippen molar-refractivity contribution >= 4 is 21.7 Å². The maximum atomic E-state index is 11.8. The summed E-state index contributed by atoms with van der Waals surface area (Å²) in [5.74, 6) is 0.767. The normalized spacial score (nSPS) is 11.4. The van der Waals surface area contributed by atoms with Crippen LogP contribution in [-0.2, 0) is 16.0 Å². The Balaban J connectivity index is 2.66. The summed E-state index contributed by atoms with van der Waals surface area (Å²) >= 11 is 3.39. The second-order valence-electron chi connectivity index (χ2n) is 5.07. The molecule has 1 aromatic carbocycles. The molecule has 0 fully saturated rings. The van der Waals surface area contributed by atoms with Crippen LogP contribution in [0.5, 0.6) is 5.75 Å². The fourth-order valence-electron chi connectivity index (χ4n) is 1.45. The van der Waals surface area contributed by atoms with E-state index in [9.17, 15) is 4.79 Å². The van der Waals surface area contributed by atoms with Gasteiger partial charge in [0.15, 0.2) is 5.78 Å². The molecule has 0 spiro atoms. The van der Waals surface area contributed by atoms with Crippen molar-refractivity contribution in [1.82, 2.24) is 0 Å². The van der Waals surface area contributed by atoms with Crippen LogP contribution in [0.3, 0.4) is 0 Å². The molecule has 0 saturated carbocycles. The summed E-state index contributed by atoms with van der Waals surface area (Å²) in [6.45, 7) is 5.92. The number of carbonyl (C=O) groups is 1. The Hall–Kier alpha value is -0.870. The van der Waals surface area contributed by atoms with Gasteiger partial charge < -0.3 is 9.47 Å². The molecular formula is C14H19BrO3. The van der Waals surface area contributed by atoms with Gasteiger partial charge in [0.1, 0.15) is 12.4 Å². The zero-order valence-electron chi connectivity index (χ0n) is 11.2. The third-order valence-electron chi connectivity index (χ3n) is 2.30. The first kappa shape index (κ1) is 15.2. The molecule has 100 valence electrons. The highest BCUT2D eigenvalue weighted by molar-refractivity contribution is 9.10. The van der Waals surface area contributed by atoms with Gasteiger partial charge in [-0.15, -0.1) is 0 Å². The van der Waals surface area contributed by atoms with Gasteiger partial charge in [0.25, 0.3) is 0 Å². The molecule has 1 aromatic rings. The van der Waals surface area contributed by atoms with E-state index in [2.05, 4.69) is 15.9 Å². The van der Waals surface area contributed by atoms with Crippen molar-refractivity contribution in [3.8, 4) is 5.75 Å². The molecule has 0 bridgehead atoms. The minimum absolute atomic E-state index is 0.0429. The number of hydrogen-bond donors (Lipinski definition) is 0. The smallest absolute Gasteiger partial charge is 0.162 e. The number of Topliss-reactive ketones (excluding diaryl/α,β-unsaturated/α-hetero) is 1. The summed E-state index contributed by atoms with van der Waals surface area (Å²) in [4.78, 5) is 11.8. The Morgan fingerprint density at radius 1 is 1.33 bits per heavy atom. The number of ketones is 1. The summed E-state index contributed by atoms with van der Waals surface area (Å²) in [6.07, 6.45) is 0.318. The molecule has 0 N–H and O–H groups in total. The molecule has 3 nitrogen and oxygen atoms in total. The molecule has 0 aliphatic carbocycles. The SMILES string of the molecule is COc1ccc(Br)cc1CC(=O)COC(C)(C)C. The van der Waals surface area contributed by atoms with Crippen molar-refractivity contribution in [1.29, 1.82) is 0 Å². The minimum Gasteiger partial charge on any atom is -0.496 e. The maximum Gasteiger partial charge on any atom is 0.162 e. The average Bonchev–Trinajstić information content (AvgIpc) is 2.26. The molecule has 0 unspecified atom stereocenters. The van der Waals surface area contributed by atoms with Gasteiger partial charge in [0.2, 0.25) is 0 Å². The molecule has 0 heterocycles. The lowest BCUT2D eigenvalue weighted by Gasteiger charge is -2.19. The van der Waals surface area contributed by atoms with Crippen LogP contribution in [0.2, 0.25) is 0 Å². The van der Waals surface area contributed by atoms with Gasteiger partial charge in [0.05, 0.1) is 12.7 Å². The molecule has 18 heavy (non-hydrogen) atoms. The highest BCUT2D eigenvalue weighted by Gasteiger charge is 2.14. The molecule has 0 atom stereocenters.